The fraction of sp³-hybridized carbons (Fsp3) is 0.167. The van der Waals surface area contributed by atoms with Crippen LogP contribution in [0.25, 0.3) is 11.1 Å². The SMILES string of the molecule is COC(=O)C(=C(CO[N+](=O)[O-])c1ccc(S(C)(=O)=O)cc1)c1ccccc1. The third-order valence-corrected chi connectivity index (χ3v) is 4.83. The van der Waals surface area contributed by atoms with Gasteiger partial charge in [-0.05, 0) is 28.8 Å². The average molecular weight is 391 g/mol. The van der Waals surface area contributed by atoms with E-state index in [-0.39, 0.29) is 16.0 Å². The molecular weight excluding hydrogens is 374 g/mol. The van der Waals surface area contributed by atoms with E-state index in [0.717, 1.165) is 6.26 Å². The van der Waals surface area contributed by atoms with E-state index in [4.69, 9.17) is 4.74 Å². The number of hydrogen-bond donors (Lipinski definition) is 0. The molecule has 0 saturated carbocycles. The first-order valence-corrected chi connectivity index (χ1v) is 9.58. The van der Waals surface area contributed by atoms with Gasteiger partial charge in [0, 0.05) is 6.26 Å². The Labute approximate surface area is 156 Å². The van der Waals surface area contributed by atoms with Crippen LogP contribution < -0.4 is 0 Å². The van der Waals surface area contributed by atoms with E-state index < -0.39 is 27.5 Å². The van der Waals surface area contributed by atoms with Gasteiger partial charge in [-0.1, -0.05) is 42.5 Å². The van der Waals surface area contributed by atoms with Crippen LogP contribution in [0, 0.1) is 10.1 Å². The number of methoxy groups -OCH3 is 1. The molecule has 0 heterocycles. The molecule has 2 aromatic carbocycles. The van der Waals surface area contributed by atoms with E-state index in [2.05, 4.69) is 4.84 Å². The highest BCUT2D eigenvalue weighted by atomic mass is 32.2. The molecule has 0 spiro atoms. The van der Waals surface area contributed by atoms with Gasteiger partial charge in [0.15, 0.2) is 9.84 Å². The zero-order valence-electron chi connectivity index (χ0n) is 14.6. The molecule has 0 amide bonds. The summed E-state index contributed by atoms with van der Waals surface area (Å²) in [7, 11) is -2.21. The lowest BCUT2D eigenvalue weighted by molar-refractivity contribution is -0.754. The summed E-state index contributed by atoms with van der Waals surface area (Å²) in [6, 6.07) is 14.1. The maximum atomic E-state index is 12.4. The van der Waals surface area contributed by atoms with Gasteiger partial charge >= 0.3 is 5.97 Å². The number of hydrogen-bond acceptors (Lipinski definition) is 7. The zero-order chi connectivity index (χ0) is 20.0. The Kier molecular flexibility index (Phi) is 6.30. The van der Waals surface area contributed by atoms with Gasteiger partial charge in [0.2, 0.25) is 0 Å². The summed E-state index contributed by atoms with van der Waals surface area (Å²) in [5.74, 6) is -0.699. The van der Waals surface area contributed by atoms with Crippen molar-refractivity contribution in [2.75, 3.05) is 20.0 Å². The largest absolute Gasteiger partial charge is 0.465 e. The molecule has 0 unspecified atom stereocenters. The lowest BCUT2D eigenvalue weighted by Gasteiger charge is -2.14. The second kappa shape index (κ2) is 8.45. The van der Waals surface area contributed by atoms with Gasteiger partial charge in [-0.2, -0.15) is 0 Å². The number of sulfone groups is 1. The van der Waals surface area contributed by atoms with Gasteiger partial charge in [-0.3, -0.25) is 0 Å². The van der Waals surface area contributed by atoms with E-state index in [9.17, 15) is 23.3 Å². The standard InChI is InChI=1S/C18H17NO7S/c1-25-18(20)17(14-6-4-3-5-7-14)16(12-26-19(21)22)13-8-10-15(11-9-13)27(2,23)24/h3-11H,12H2,1-2H3. The molecule has 0 atom stereocenters. The van der Waals surface area contributed by atoms with Crippen LogP contribution in [0.3, 0.4) is 0 Å². The number of nitrogens with zero attached hydrogens (tertiary/aromatic N) is 1. The van der Waals surface area contributed by atoms with Crippen LogP contribution >= 0.6 is 0 Å². The van der Waals surface area contributed by atoms with Crippen LogP contribution in [-0.4, -0.2) is 39.4 Å². The summed E-state index contributed by atoms with van der Waals surface area (Å²) in [5, 5.41) is 9.72. The van der Waals surface area contributed by atoms with E-state index in [1.54, 1.807) is 30.3 Å². The molecule has 2 aromatic rings. The Hall–Kier alpha value is -3.20. The Morgan fingerprint density at radius 2 is 1.63 bits per heavy atom. The minimum absolute atomic E-state index is 0.0834. The predicted octanol–water partition coefficient (Wildman–Crippen LogP) is 2.38. The summed E-state index contributed by atoms with van der Waals surface area (Å²) in [6.07, 6.45) is 1.07. The molecular formula is C18H17NO7S. The van der Waals surface area contributed by atoms with Gasteiger partial charge in [0.1, 0.15) is 6.61 Å². The maximum absolute atomic E-state index is 12.4. The van der Waals surface area contributed by atoms with Crippen LogP contribution in [0.5, 0.6) is 0 Å². The quantitative estimate of drug-likeness (QED) is 0.234. The molecule has 0 fully saturated rings. The van der Waals surface area contributed by atoms with Crippen molar-refractivity contribution in [3.8, 4) is 0 Å². The van der Waals surface area contributed by atoms with Crippen molar-refractivity contribution >= 4 is 27.0 Å². The Morgan fingerprint density at radius 3 is 2.11 bits per heavy atom. The third kappa shape index (κ3) is 5.14. The van der Waals surface area contributed by atoms with Crippen molar-refractivity contribution in [3.63, 3.8) is 0 Å². The van der Waals surface area contributed by atoms with E-state index >= 15 is 0 Å². The smallest absolute Gasteiger partial charge is 0.338 e. The van der Waals surface area contributed by atoms with Crippen LogP contribution in [-0.2, 0) is 24.2 Å². The van der Waals surface area contributed by atoms with E-state index in [1.807, 2.05) is 0 Å². The van der Waals surface area contributed by atoms with Gasteiger partial charge in [-0.25, -0.2) is 13.2 Å². The Bertz CT molecular complexity index is 965. The number of carbonyl (C=O) groups is 1. The monoisotopic (exact) mass is 391 g/mol. The fourth-order valence-corrected chi connectivity index (χ4v) is 3.07. The topological polar surface area (TPSA) is 113 Å². The Morgan fingerprint density at radius 1 is 1.04 bits per heavy atom. The van der Waals surface area contributed by atoms with Gasteiger partial charge in [0.05, 0.1) is 17.6 Å². The van der Waals surface area contributed by atoms with Crippen LogP contribution in [0.2, 0.25) is 0 Å². The number of carbonyl (C=O) groups excluding carboxylic acids is 1. The molecule has 0 saturated heterocycles. The third-order valence-electron chi connectivity index (χ3n) is 3.70. The molecule has 0 aliphatic carbocycles. The van der Waals surface area contributed by atoms with Crippen LogP contribution in [0.4, 0.5) is 0 Å². The normalized spacial score (nSPS) is 12.1. The summed E-state index contributed by atoms with van der Waals surface area (Å²) in [6.45, 7) is -0.509. The first kappa shape index (κ1) is 20.1. The minimum Gasteiger partial charge on any atom is -0.465 e. The van der Waals surface area contributed by atoms with E-state index in [0.29, 0.717) is 11.1 Å². The molecule has 0 N–H and O–H groups in total. The van der Waals surface area contributed by atoms with Gasteiger partial charge in [-0.15, -0.1) is 10.1 Å². The molecule has 27 heavy (non-hydrogen) atoms. The summed E-state index contributed by atoms with van der Waals surface area (Å²) in [4.78, 5) is 27.7. The highest BCUT2D eigenvalue weighted by Crippen LogP contribution is 2.29. The molecule has 142 valence electrons. The molecule has 0 aromatic heterocycles. The number of esters is 1. The first-order chi connectivity index (χ1) is 12.7. The van der Waals surface area contributed by atoms with Gasteiger partial charge in [0.25, 0.3) is 5.09 Å². The second-order valence-corrected chi connectivity index (χ2v) is 7.52. The van der Waals surface area contributed by atoms with E-state index in [1.165, 1.54) is 31.4 Å². The Balaban J connectivity index is 2.68. The summed E-state index contributed by atoms with van der Waals surface area (Å²) < 4.78 is 28.1. The second-order valence-electron chi connectivity index (χ2n) is 5.50. The lowest BCUT2D eigenvalue weighted by Crippen LogP contribution is -2.12. The van der Waals surface area contributed by atoms with Crippen molar-refractivity contribution in [3.05, 3.63) is 75.8 Å². The molecule has 0 bridgehead atoms. The minimum atomic E-state index is -3.41. The van der Waals surface area contributed by atoms with Crippen molar-refractivity contribution in [1.82, 2.24) is 0 Å². The predicted molar refractivity (Wildman–Crippen MR) is 97.8 cm³/mol. The first-order valence-electron chi connectivity index (χ1n) is 7.68. The number of ether oxygens (including phenoxy) is 1. The van der Waals surface area contributed by atoms with Crippen molar-refractivity contribution in [2.45, 2.75) is 4.90 Å². The summed E-state index contributed by atoms with van der Waals surface area (Å²) in [5.41, 5.74) is 1.17. The summed E-state index contributed by atoms with van der Waals surface area (Å²) >= 11 is 0. The van der Waals surface area contributed by atoms with Crippen LogP contribution in [0.15, 0.2) is 59.5 Å². The molecule has 2 rings (SSSR count). The molecule has 9 heteroatoms. The lowest BCUT2D eigenvalue weighted by atomic mass is 9.95. The van der Waals surface area contributed by atoms with Crippen LogP contribution in [0.1, 0.15) is 11.1 Å². The molecule has 0 aliphatic heterocycles. The van der Waals surface area contributed by atoms with Crippen molar-refractivity contribution < 1.29 is 27.9 Å². The molecule has 8 nitrogen and oxygen atoms in total. The molecule has 0 aliphatic rings. The highest BCUT2D eigenvalue weighted by molar-refractivity contribution is 7.90. The number of rotatable bonds is 7. The molecule has 0 radical (unpaired) electrons. The highest BCUT2D eigenvalue weighted by Gasteiger charge is 2.21. The van der Waals surface area contributed by atoms with Crippen molar-refractivity contribution in [1.29, 1.82) is 0 Å². The maximum Gasteiger partial charge on any atom is 0.338 e. The number of benzene rings is 2. The fourth-order valence-electron chi connectivity index (χ4n) is 2.44. The van der Waals surface area contributed by atoms with Crippen molar-refractivity contribution in [2.24, 2.45) is 0 Å². The van der Waals surface area contributed by atoms with Gasteiger partial charge < -0.3 is 9.57 Å². The average Bonchev–Trinajstić information content (AvgIpc) is 2.64. The zero-order valence-corrected chi connectivity index (χ0v) is 15.4.